The summed E-state index contributed by atoms with van der Waals surface area (Å²) in [7, 11) is 0. The molecule has 6 heteroatoms. The lowest BCUT2D eigenvalue weighted by Gasteiger charge is -2.22. The second kappa shape index (κ2) is 9.74. The maximum Gasteiger partial charge on any atom is 0.230 e. The number of hydrogen-bond acceptors (Lipinski definition) is 4. The van der Waals surface area contributed by atoms with Gasteiger partial charge in [0.15, 0.2) is 5.16 Å². The first-order chi connectivity index (χ1) is 14.3. The molecule has 3 aromatic rings. The van der Waals surface area contributed by atoms with Crippen LogP contribution in [-0.4, -0.2) is 26.4 Å². The normalized spacial score (nSPS) is 14.6. The zero-order valence-corrected chi connectivity index (χ0v) is 17.3. The number of carbonyl (C=O) groups excluding carboxylic acids is 1. The van der Waals surface area contributed by atoms with E-state index >= 15 is 0 Å². The molecule has 1 saturated carbocycles. The lowest BCUT2D eigenvalue weighted by Crippen LogP contribution is -2.24. The van der Waals surface area contributed by atoms with Crippen LogP contribution in [0.5, 0.6) is 0 Å². The van der Waals surface area contributed by atoms with Crippen LogP contribution >= 0.6 is 11.8 Å². The molecule has 2 aromatic carbocycles. The topological polar surface area (TPSA) is 59.8 Å². The highest BCUT2D eigenvalue weighted by Crippen LogP contribution is 2.34. The van der Waals surface area contributed by atoms with E-state index in [0.29, 0.717) is 18.2 Å². The number of nitrogens with one attached hydrogen (secondary N) is 1. The highest BCUT2D eigenvalue weighted by molar-refractivity contribution is 7.99. The molecule has 0 unspecified atom stereocenters. The van der Waals surface area contributed by atoms with Gasteiger partial charge in [-0.1, -0.05) is 79.6 Å². The van der Waals surface area contributed by atoms with Gasteiger partial charge >= 0.3 is 0 Å². The van der Waals surface area contributed by atoms with E-state index in [9.17, 15) is 4.79 Å². The van der Waals surface area contributed by atoms with Gasteiger partial charge in [-0.15, -0.1) is 10.2 Å². The van der Waals surface area contributed by atoms with Crippen molar-refractivity contribution in [3.8, 4) is 5.69 Å². The number of rotatable bonds is 7. The van der Waals surface area contributed by atoms with Gasteiger partial charge in [0.25, 0.3) is 0 Å². The van der Waals surface area contributed by atoms with Crippen LogP contribution in [0.4, 0.5) is 0 Å². The summed E-state index contributed by atoms with van der Waals surface area (Å²) in [5.41, 5.74) is 2.16. The molecule has 1 aromatic heterocycles. The van der Waals surface area contributed by atoms with Crippen LogP contribution in [0.25, 0.3) is 5.69 Å². The number of aromatic nitrogens is 3. The third-order valence-corrected chi connectivity index (χ3v) is 6.24. The maximum absolute atomic E-state index is 12.4. The summed E-state index contributed by atoms with van der Waals surface area (Å²) >= 11 is 1.45. The first-order valence-electron chi connectivity index (χ1n) is 10.3. The fourth-order valence-electron chi connectivity index (χ4n) is 3.80. The van der Waals surface area contributed by atoms with Crippen molar-refractivity contribution < 1.29 is 4.79 Å². The van der Waals surface area contributed by atoms with E-state index < -0.39 is 0 Å². The number of nitrogens with zero attached hydrogens (tertiary/aromatic N) is 3. The number of carbonyl (C=O) groups is 1. The Morgan fingerprint density at radius 2 is 1.66 bits per heavy atom. The van der Waals surface area contributed by atoms with Crippen molar-refractivity contribution in [3.05, 3.63) is 72.1 Å². The van der Waals surface area contributed by atoms with Crippen LogP contribution in [0, 0.1) is 0 Å². The highest BCUT2D eigenvalue weighted by atomic mass is 32.2. The SMILES string of the molecule is O=C(CSc1nnc(C2CCCCC2)n1-c1ccccc1)NCc1ccccc1. The van der Waals surface area contributed by atoms with Gasteiger partial charge in [0.1, 0.15) is 5.82 Å². The lowest BCUT2D eigenvalue weighted by molar-refractivity contribution is -0.118. The average Bonchev–Trinajstić information content (AvgIpc) is 3.22. The summed E-state index contributed by atoms with van der Waals surface area (Å²) in [6, 6.07) is 20.2. The Hall–Kier alpha value is -2.60. The van der Waals surface area contributed by atoms with Gasteiger partial charge in [0, 0.05) is 18.2 Å². The van der Waals surface area contributed by atoms with Crippen molar-refractivity contribution in [1.82, 2.24) is 20.1 Å². The summed E-state index contributed by atoms with van der Waals surface area (Å²) < 4.78 is 2.14. The van der Waals surface area contributed by atoms with E-state index in [-0.39, 0.29) is 5.91 Å². The molecule has 0 atom stereocenters. The van der Waals surface area contributed by atoms with E-state index in [2.05, 4.69) is 32.2 Å². The fourth-order valence-corrected chi connectivity index (χ4v) is 4.59. The predicted octanol–water partition coefficient (Wildman–Crippen LogP) is 4.72. The minimum Gasteiger partial charge on any atom is -0.351 e. The predicted molar refractivity (Wildman–Crippen MR) is 116 cm³/mol. The van der Waals surface area contributed by atoms with Crippen LogP contribution in [0.15, 0.2) is 65.8 Å². The number of para-hydroxylation sites is 1. The van der Waals surface area contributed by atoms with Crippen molar-refractivity contribution in [2.24, 2.45) is 0 Å². The molecular formula is C23H26N4OS. The molecule has 1 aliphatic carbocycles. The first kappa shape index (κ1) is 19.7. The van der Waals surface area contributed by atoms with Crippen LogP contribution in [0.3, 0.4) is 0 Å². The zero-order valence-electron chi connectivity index (χ0n) is 16.5. The van der Waals surface area contributed by atoms with E-state index in [1.54, 1.807) is 0 Å². The van der Waals surface area contributed by atoms with Crippen LogP contribution in [0.2, 0.25) is 0 Å². The number of amides is 1. The smallest absolute Gasteiger partial charge is 0.230 e. The summed E-state index contributed by atoms with van der Waals surface area (Å²) in [5.74, 6) is 1.80. The minimum atomic E-state index is 0.000631. The molecule has 5 nitrogen and oxygen atoms in total. The summed E-state index contributed by atoms with van der Waals surface area (Å²) in [5, 5.41) is 12.8. The Kier molecular flexibility index (Phi) is 6.62. The molecule has 0 spiro atoms. The van der Waals surface area contributed by atoms with E-state index in [1.807, 2.05) is 48.5 Å². The van der Waals surface area contributed by atoms with Crippen molar-refractivity contribution in [2.75, 3.05) is 5.75 Å². The number of benzene rings is 2. The maximum atomic E-state index is 12.4. The van der Waals surface area contributed by atoms with Gasteiger partial charge in [0.2, 0.25) is 5.91 Å². The number of thioether (sulfide) groups is 1. The van der Waals surface area contributed by atoms with Crippen molar-refractivity contribution in [2.45, 2.75) is 49.7 Å². The molecule has 1 amide bonds. The molecule has 1 aliphatic rings. The highest BCUT2D eigenvalue weighted by Gasteiger charge is 2.24. The summed E-state index contributed by atoms with van der Waals surface area (Å²) in [6.07, 6.45) is 6.12. The third-order valence-electron chi connectivity index (χ3n) is 5.31. The van der Waals surface area contributed by atoms with Crippen molar-refractivity contribution in [1.29, 1.82) is 0 Å². The lowest BCUT2D eigenvalue weighted by atomic mass is 9.88. The molecule has 150 valence electrons. The first-order valence-corrected chi connectivity index (χ1v) is 11.2. The Morgan fingerprint density at radius 3 is 2.38 bits per heavy atom. The molecule has 0 saturated heterocycles. The monoisotopic (exact) mass is 406 g/mol. The van der Waals surface area contributed by atoms with Gasteiger partial charge in [-0.3, -0.25) is 9.36 Å². The van der Waals surface area contributed by atoms with Crippen molar-refractivity contribution in [3.63, 3.8) is 0 Å². The largest absolute Gasteiger partial charge is 0.351 e. The van der Waals surface area contributed by atoms with Gasteiger partial charge in [-0.2, -0.15) is 0 Å². The molecular weight excluding hydrogens is 380 g/mol. The Labute approximate surface area is 175 Å². The second-order valence-corrected chi connectivity index (χ2v) is 8.34. The second-order valence-electron chi connectivity index (χ2n) is 7.40. The molecule has 1 fully saturated rings. The molecule has 1 heterocycles. The summed E-state index contributed by atoms with van der Waals surface area (Å²) in [4.78, 5) is 12.4. The third kappa shape index (κ3) is 5.07. The number of hydrogen-bond donors (Lipinski definition) is 1. The zero-order chi connectivity index (χ0) is 19.9. The molecule has 0 radical (unpaired) electrons. The van der Waals surface area contributed by atoms with Gasteiger partial charge < -0.3 is 5.32 Å². The fraction of sp³-hybridized carbons (Fsp3) is 0.348. The Morgan fingerprint density at radius 1 is 0.966 bits per heavy atom. The minimum absolute atomic E-state index is 0.000631. The van der Waals surface area contributed by atoms with Gasteiger partial charge in [-0.25, -0.2) is 0 Å². The van der Waals surface area contributed by atoms with Crippen LogP contribution in [-0.2, 0) is 11.3 Å². The van der Waals surface area contributed by atoms with Crippen LogP contribution < -0.4 is 5.32 Å². The van der Waals surface area contributed by atoms with Crippen LogP contribution in [0.1, 0.15) is 49.4 Å². The van der Waals surface area contributed by atoms with E-state index in [4.69, 9.17) is 0 Å². The van der Waals surface area contributed by atoms with Crippen molar-refractivity contribution >= 4 is 17.7 Å². The van der Waals surface area contributed by atoms with Gasteiger partial charge in [0.05, 0.1) is 5.75 Å². The Bertz CT molecular complexity index is 921. The average molecular weight is 407 g/mol. The molecule has 0 aliphatic heterocycles. The van der Waals surface area contributed by atoms with E-state index in [0.717, 1.165) is 35.1 Å². The standard InChI is InChI=1S/C23H26N4OS/c28-21(24-16-18-10-4-1-5-11-18)17-29-23-26-25-22(19-12-6-2-7-13-19)27(23)20-14-8-3-9-15-20/h1,3-5,8-11,14-15,19H,2,6-7,12-13,16-17H2,(H,24,28). The molecule has 29 heavy (non-hydrogen) atoms. The quantitative estimate of drug-likeness (QED) is 0.577. The van der Waals surface area contributed by atoms with Gasteiger partial charge in [-0.05, 0) is 30.5 Å². The molecule has 4 rings (SSSR count). The Balaban J connectivity index is 1.46. The molecule has 1 N–H and O–H groups in total. The molecule has 0 bridgehead atoms. The van der Waals surface area contributed by atoms with E-state index in [1.165, 1.54) is 31.0 Å². The summed E-state index contributed by atoms with van der Waals surface area (Å²) in [6.45, 7) is 0.541.